The fraction of sp³-hybridized carbons (Fsp3) is 0. The summed E-state index contributed by atoms with van der Waals surface area (Å²) in [4.78, 5) is 20.7. The number of pyridine rings is 1. The molecule has 0 saturated heterocycles. The molecule has 0 unspecified atom stereocenters. The topological polar surface area (TPSA) is 73.0 Å². The van der Waals surface area contributed by atoms with Gasteiger partial charge < -0.3 is 9.73 Å². The molecule has 0 saturated carbocycles. The van der Waals surface area contributed by atoms with Gasteiger partial charge in [0.15, 0.2) is 5.76 Å². The van der Waals surface area contributed by atoms with Crippen molar-refractivity contribution in [3.63, 3.8) is 0 Å². The highest BCUT2D eigenvalue weighted by atomic mass is 35.5. The highest BCUT2D eigenvalue weighted by Gasteiger charge is 2.13. The van der Waals surface area contributed by atoms with E-state index in [4.69, 9.17) is 16.0 Å². The van der Waals surface area contributed by atoms with E-state index in [0.29, 0.717) is 10.7 Å². The van der Waals surface area contributed by atoms with E-state index in [1.807, 2.05) is 29.0 Å². The van der Waals surface area contributed by atoms with Crippen LogP contribution in [0.5, 0.6) is 0 Å². The van der Waals surface area contributed by atoms with Gasteiger partial charge in [0.2, 0.25) is 0 Å². The van der Waals surface area contributed by atoms with Crippen LogP contribution in [-0.2, 0) is 0 Å². The van der Waals surface area contributed by atoms with Gasteiger partial charge in [0.1, 0.15) is 5.82 Å². The van der Waals surface area contributed by atoms with Crippen LogP contribution in [-0.4, -0.2) is 20.4 Å². The molecule has 1 N–H and O–H groups in total. The zero-order chi connectivity index (χ0) is 17.9. The summed E-state index contributed by atoms with van der Waals surface area (Å²) >= 11 is 6.24. The summed E-state index contributed by atoms with van der Waals surface area (Å²) in [5.41, 5.74) is 2.23. The molecule has 0 fully saturated rings. The van der Waals surface area contributed by atoms with Crippen molar-refractivity contribution in [1.29, 1.82) is 0 Å². The molecule has 0 aliphatic carbocycles. The number of rotatable bonds is 4. The minimum Gasteiger partial charge on any atom is -0.459 e. The average molecular weight is 365 g/mol. The number of anilines is 1. The molecule has 1 aromatic carbocycles. The summed E-state index contributed by atoms with van der Waals surface area (Å²) in [6.45, 7) is 0. The van der Waals surface area contributed by atoms with E-state index < -0.39 is 0 Å². The van der Waals surface area contributed by atoms with Crippen molar-refractivity contribution in [2.24, 2.45) is 0 Å². The quantitative estimate of drug-likeness (QED) is 0.581. The van der Waals surface area contributed by atoms with Gasteiger partial charge in [-0.2, -0.15) is 0 Å². The molecule has 4 aromatic rings. The van der Waals surface area contributed by atoms with Crippen molar-refractivity contribution in [1.82, 2.24) is 14.5 Å². The maximum atomic E-state index is 12.2. The molecule has 0 atom stereocenters. The molecule has 6 nitrogen and oxygen atoms in total. The number of imidazole rings is 1. The van der Waals surface area contributed by atoms with Crippen LogP contribution in [0.15, 0.2) is 77.9 Å². The number of hydrogen-bond donors (Lipinski definition) is 1. The Morgan fingerprint density at radius 2 is 1.96 bits per heavy atom. The average Bonchev–Trinajstić information content (AvgIpc) is 3.36. The first-order valence-corrected chi connectivity index (χ1v) is 8.19. The second-order valence-corrected chi connectivity index (χ2v) is 5.86. The highest BCUT2D eigenvalue weighted by Crippen LogP contribution is 2.28. The second kappa shape index (κ2) is 6.85. The van der Waals surface area contributed by atoms with Crippen molar-refractivity contribution in [2.45, 2.75) is 0 Å². The van der Waals surface area contributed by atoms with Crippen molar-refractivity contribution in [3.05, 3.63) is 84.3 Å². The van der Waals surface area contributed by atoms with Gasteiger partial charge in [0.25, 0.3) is 5.91 Å². The summed E-state index contributed by atoms with van der Waals surface area (Å²) < 4.78 is 7.02. The molecule has 0 aliphatic rings. The zero-order valence-electron chi connectivity index (χ0n) is 13.5. The van der Waals surface area contributed by atoms with Crippen molar-refractivity contribution < 1.29 is 9.21 Å². The number of hydrogen-bond acceptors (Lipinski definition) is 4. The predicted octanol–water partition coefficient (Wildman–Crippen LogP) is 4.43. The van der Waals surface area contributed by atoms with Gasteiger partial charge in [0.05, 0.1) is 17.0 Å². The van der Waals surface area contributed by atoms with Crippen LogP contribution in [0.1, 0.15) is 10.6 Å². The van der Waals surface area contributed by atoms with Crippen molar-refractivity contribution in [3.8, 4) is 17.1 Å². The first-order chi connectivity index (χ1) is 12.7. The van der Waals surface area contributed by atoms with Crippen LogP contribution in [0.25, 0.3) is 17.1 Å². The number of nitrogens with one attached hydrogen (secondary N) is 1. The minimum absolute atomic E-state index is 0.214. The number of carbonyl (C=O) groups excluding carboxylic acids is 1. The Labute approximate surface area is 154 Å². The first-order valence-electron chi connectivity index (χ1n) is 7.81. The molecule has 1 amide bonds. The molecular formula is C19H13ClN4O2. The smallest absolute Gasteiger partial charge is 0.291 e. The van der Waals surface area contributed by atoms with Gasteiger partial charge in [-0.1, -0.05) is 11.6 Å². The van der Waals surface area contributed by atoms with Gasteiger partial charge in [-0.3, -0.25) is 14.3 Å². The Hall–Kier alpha value is -3.38. The molecule has 0 spiro atoms. The van der Waals surface area contributed by atoms with Crippen molar-refractivity contribution >= 4 is 23.2 Å². The Morgan fingerprint density at radius 3 is 2.73 bits per heavy atom. The highest BCUT2D eigenvalue weighted by molar-refractivity contribution is 6.34. The van der Waals surface area contributed by atoms with E-state index in [-0.39, 0.29) is 11.7 Å². The van der Waals surface area contributed by atoms with Crippen LogP contribution in [0.3, 0.4) is 0 Å². The molecule has 7 heteroatoms. The third kappa shape index (κ3) is 3.10. The van der Waals surface area contributed by atoms with Gasteiger partial charge in [0, 0.05) is 36.0 Å². The van der Waals surface area contributed by atoms with Crippen LogP contribution in [0.4, 0.5) is 5.69 Å². The van der Waals surface area contributed by atoms with E-state index in [0.717, 1.165) is 17.1 Å². The maximum Gasteiger partial charge on any atom is 0.291 e. The Kier molecular flexibility index (Phi) is 4.25. The molecule has 0 bridgehead atoms. The standard InChI is InChI=1S/C19H13ClN4O2/c20-15-4-3-14(12-16(15)23-19(25)17-2-1-11-26-17)24-10-9-22-18(24)13-5-7-21-8-6-13/h1-12H,(H,23,25). The van der Waals surface area contributed by atoms with Crippen LogP contribution in [0.2, 0.25) is 5.02 Å². The van der Waals surface area contributed by atoms with Crippen LogP contribution >= 0.6 is 11.6 Å². The molecule has 128 valence electrons. The van der Waals surface area contributed by atoms with E-state index in [1.54, 1.807) is 42.9 Å². The molecule has 26 heavy (non-hydrogen) atoms. The minimum atomic E-state index is -0.367. The van der Waals surface area contributed by atoms with Gasteiger partial charge >= 0.3 is 0 Å². The van der Waals surface area contributed by atoms with Gasteiger partial charge in [-0.05, 0) is 42.5 Å². The normalized spacial score (nSPS) is 10.7. The summed E-state index contributed by atoms with van der Waals surface area (Å²) in [7, 11) is 0. The summed E-state index contributed by atoms with van der Waals surface area (Å²) in [6.07, 6.45) is 8.43. The number of nitrogens with zero attached hydrogens (tertiary/aromatic N) is 3. The number of amides is 1. The molecule has 0 aliphatic heterocycles. The fourth-order valence-electron chi connectivity index (χ4n) is 2.58. The third-order valence-electron chi connectivity index (χ3n) is 3.80. The number of halogens is 1. The lowest BCUT2D eigenvalue weighted by Crippen LogP contribution is -2.11. The lowest BCUT2D eigenvalue weighted by Gasteiger charge is -2.12. The largest absolute Gasteiger partial charge is 0.459 e. The number of aromatic nitrogens is 3. The van der Waals surface area contributed by atoms with Gasteiger partial charge in [-0.25, -0.2) is 4.98 Å². The fourth-order valence-corrected chi connectivity index (χ4v) is 2.74. The van der Waals surface area contributed by atoms with Crippen LogP contribution in [0, 0.1) is 0 Å². The number of carbonyl (C=O) groups is 1. The number of benzene rings is 1. The van der Waals surface area contributed by atoms with E-state index in [2.05, 4.69) is 15.3 Å². The lowest BCUT2D eigenvalue weighted by molar-refractivity contribution is 0.0996. The van der Waals surface area contributed by atoms with E-state index in [1.165, 1.54) is 6.26 Å². The molecule has 4 rings (SSSR count). The third-order valence-corrected chi connectivity index (χ3v) is 4.13. The number of furan rings is 1. The monoisotopic (exact) mass is 364 g/mol. The zero-order valence-corrected chi connectivity index (χ0v) is 14.2. The Balaban J connectivity index is 1.69. The summed E-state index contributed by atoms with van der Waals surface area (Å²) in [5, 5.41) is 3.20. The van der Waals surface area contributed by atoms with E-state index in [9.17, 15) is 4.79 Å². The van der Waals surface area contributed by atoms with E-state index >= 15 is 0 Å². The summed E-state index contributed by atoms with van der Waals surface area (Å²) in [6, 6.07) is 12.4. The summed E-state index contributed by atoms with van der Waals surface area (Å²) in [5.74, 6) is 0.610. The van der Waals surface area contributed by atoms with Crippen LogP contribution < -0.4 is 5.32 Å². The molecular weight excluding hydrogens is 352 g/mol. The Bertz CT molecular complexity index is 1040. The molecule has 3 aromatic heterocycles. The molecule has 3 heterocycles. The second-order valence-electron chi connectivity index (χ2n) is 5.45. The lowest BCUT2D eigenvalue weighted by atomic mass is 10.2. The predicted molar refractivity (Wildman–Crippen MR) is 98.5 cm³/mol. The SMILES string of the molecule is O=C(Nc1cc(-n2ccnc2-c2ccncc2)ccc1Cl)c1ccco1. The Morgan fingerprint density at radius 1 is 1.12 bits per heavy atom. The maximum absolute atomic E-state index is 12.2. The first kappa shape index (κ1) is 16.1. The molecule has 0 radical (unpaired) electrons. The van der Waals surface area contributed by atoms with Crippen molar-refractivity contribution in [2.75, 3.05) is 5.32 Å². The van der Waals surface area contributed by atoms with Gasteiger partial charge in [-0.15, -0.1) is 0 Å².